The standard InChI is InChI=1S/C12H9NO/c14-12-9-3-1-2-6-10-7-4-5-8-11(10)13-12/h1-9H/b2-1+,9-3-,10-6-,13-11+. The molecule has 0 fully saturated rings. The molecule has 1 heterocycles. The highest BCUT2D eigenvalue weighted by Gasteiger charge is 1.91. The molecule has 68 valence electrons. The Labute approximate surface area is 81.6 Å². The molecule has 0 saturated heterocycles. The van der Waals surface area contributed by atoms with Crippen molar-refractivity contribution >= 4 is 12.0 Å². The Hall–Kier alpha value is -1.96. The minimum Gasteiger partial charge on any atom is -0.267 e. The third-order valence-electron chi connectivity index (χ3n) is 1.90. The van der Waals surface area contributed by atoms with Crippen LogP contribution in [0.4, 0.5) is 0 Å². The first-order valence-electron chi connectivity index (χ1n) is 4.39. The summed E-state index contributed by atoms with van der Waals surface area (Å²) in [5.41, 5.74) is 0. The summed E-state index contributed by atoms with van der Waals surface area (Å²) in [6.07, 6.45) is 8.78. The summed E-state index contributed by atoms with van der Waals surface area (Å²) in [6, 6.07) is 7.56. The van der Waals surface area contributed by atoms with Crippen molar-refractivity contribution in [1.82, 2.24) is 0 Å². The highest BCUT2D eigenvalue weighted by atomic mass is 16.1. The smallest absolute Gasteiger partial charge is 0.267 e. The minimum atomic E-state index is -0.225. The maximum atomic E-state index is 11.3. The third kappa shape index (κ3) is 1.85. The van der Waals surface area contributed by atoms with Gasteiger partial charge in [-0.15, -0.1) is 0 Å². The van der Waals surface area contributed by atoms with Gasteiger partial charge in [0.1, 0.15) is 0 Å². The molecule has 1 amide bonds. The van der Waals surface area contributed by atoms with Crippen LogP contribution in [0.25, 0.3) is 6.08 Å². The Bertz CT molecular complexity index is 523. The Balaban J connectivity index is 2.76. The Morgan fingerprint density at radius 2 is 1.86 bits per heavy atom. The molecule has 14 heavy (non-hydrogen) atoms. The number of nitrogens with zero attached hydrogens (tertiary/aromatic N) is 1. The van der Waals surface area contributed by atoms with Gasteiger partial charge in [-0.1, -0.05) is 42.5 Å². The first-order valence-corrected chi connectivity index (χ1v) is 4.39. The van der Waals surface area contributed by atoms with Crippen LogP contribution < -0.4 is 10.6 Å². The van der Waals surface area contributed by atoms with Crippen LogP contribution in [0, 0.1) is 0 Å². The summed E-state index contributed by atoms with van der Waals surface area (Å²) >= 11 is 0. The second kappa shape index (κ2) is 3.83. The van der Waals surface area contributed by atoms with Gasteiger partial charge in [0.05, 0.1) is 5.36 Å². The second-order valence-electron chi connectivity index (χ2n) is 2.92. The molecule has 2 rings (SSSR count). The molecule has 2 nitrogen and oxygen atoms in total. The van der Waals surface area contributed by atoms with Crippen LogP contribution in [0.2, 0.25) is 0 Å². The highest BCUT2D eigenvalue weighted by molar-refractivity contribution is 5.88. The number of para-hydroxylation sites is 1. The van der Waals surface area contributed by atoms with Gasteiger partial charge >= 0.3 is 0 Å². The number of allylic oxidation sites excluding steroid dienone is 3. The van der Waals surface area contributed by atoms with Crippen LogP contribution in [-0.2, 0) is 4.79 Å². The molecule has 1 aliphatic heterocycles. The minimum absolute atomic E-state index is 0.225. The van der Waals surface area contributed by atoms with Crippen molar-refractivity contribution in [3.05, 3.63) is 59.1 Å². The van der Waals surface area contributed by atoms with E-state index < -0.39 is 0 Å². The lowest BCUT2D eigenvalue weighted by Gasteiger charge is -1.86. The SMILES string of the molecule is O=C1\C=C/C=C/C=c2/cccc/c2=N\1. The largest absolute Gasteiger partial charge is 0.270 e. The number of amides is 1. The molecule has 0 N–H and O–H groups in total. The fourth-order valence-electron chi connectivity index (χ4n) is 1.25. The predicted molar refractivity (Wildman–Crippen MR) is 55.0 cm³/mol. The fraction of sp³-hybridized carbons (Fsp3) is 0. The Kier molecular flexibility index (Phi) is 2.36. The molecule has 0 atom stereocenters. The van der Waals surface area contributed by atoms with E-state index >= 15 is 0 Å². The van der Waals surface area contributed by atoms with Crippen LogP contribution in [0.15, 0.2) is 53.6 Å². The summed E-state index contributed by atoms with van der Waals surface area (Å²) in [5.74, 6) is -0.225. The topological polar surface area (TPSA) is 29.4 Å². The molecule has 0 bridgehead atoms. The molecular weight excluding hydrogens is 174 g/mol. The van der Waals surface area contributed by atoms with Crippen molar-refractivity contribution < 1.29 is 4.79 Å². The van der Waals surface area contributed by atoms with Crippen molar-refractivity contribution in [2.75, 3.05) is 0 Å². The molecule has 0 radical (unpaired) electrons. The average molecular weight is 183 g/mol. The van der Waals surface area contributed by atoms with Crippen molar-refractivity contribution in [3.8, 4) is 0 Å². The van der Waals surface area contributed by atoms with Crippen LogP contribution in [0.5, 0.6) is 0 Å². The third-order valence-corrected chi connectivity index (χ3v) is 1.90. The lowest BCUT2D eigenvalue weighted by Crippen LogP contribution is -2.24. The monoisotopic (exact) mass is 183 g/mol. The van der Waals surface area contributed by atoms with Gasteiger partial charge in [0, 0.05) is 11.3 Å². The lowest BCUT2D eigenvalue weighted by atomic mass is 10.2. The van der Waals surface area contributed by atoms with Crippen LogP contribution in [0.1, 0.15) is 0 Å². The zero-order valence-electron chi connectivity index (χ0n) is 7.55. The van der Waals surface area contributed by atoms with E-state index in [1.807, 2.05) is 42.5 Å². The normalized spacial score (nSPS) is 23.9. The van der Waals surface area contributed by atoms with Crippen molar-refractivity contribution in [3.63, 3.8) is 0 Å². The molecule has 1 aliphatic rings. The lowest BCUT2D eigenvalue weighted by molar-refractivity contribution is -0.113. The van der Waals surface area contributed by atoms with E-state index in [1.165, 1.54) is 6.08 Å². The maximum absolute atomic E-state index is 11.3. The first kappa shape index (κ1) is 8.63. The summed E-state index contributed by atoms with van der Waals surface area (Å²) in [4.78, 5) is 15.2. The van der Waals surface area contributed by atoms with Crippen LogP contribution in [0.3, 0.4) is 0 Å². The van der Waals surface area contributed by atoms with Gasteiger partial charge in [-0.25, -0.2) is 4.99 Å². The molecular formula is C12H9NO. The van der Waals surface area contributed by atoms with E-state index in [2.05, 4.69) is 4.99 Å². The van der Waals surface area contributed by atoms with E-state index in [1.54, 1.807) is 6.08 Å². The molecule has 0 aliphatic carbocycles. The van der Waals surface area contributed by atoms with E-state index in [4.69, 9.17) is 0 Å². The Morgan fingerprint density at radius 3 is 2.79 bits per heavy atom. The van der Waals surface area contributed by atoms with Crippen LogP contribution >= 0.6 is 0 Å². The highest BCUT2D eigenvalue weighted by Crippen LogP contribution is 1.84. The zero-order chi connectivity index (χ0) is 9.80. The molecule has 2 heteroatoms. The van der Waals surface area contributed by atoms with Gasteiger partial charge in [-0.05, 0) is 6.07 Å². The summed E-state index contributed by atoms with van der Waals surface area (Å²) in [6.45, 7) is 0. The Morgan fingerprint density at radius 1 is 1.00 bits per heavy atom. The molecule has 1 aromatic rings. The van der Waals surface area contributed by atoms with Gasteiger partial charge < -0.3 is 0 Å². The number of carbonyl (C=O) groups is 1. The molecule has 0 saturated carbocycles. The van der Waals surface area contributed by atoms with Crippen molar-refractivity contribution in [2.24, 2.45) is 4.99 Å². The van der Waals surface area contributed by atoms with Gasteiger partial charge in [-0.2, -0.15) is 0 Å². The van der Waals surface area contributed by atoms with Gasteiger partial charge in [0.2, 0.25) is 0 Å². The molecule has 0 unspecified atom stereocenters. The van der Waals surface area contributed by atoms with Crippen molar-refractivity contribution in [1.29, 1.82) is 0 Å². The number of hydrogen-bond acceptors (Lipinski definition) is 1. The zero-order valence-corrected chi connectivity index (χ0v) is 7.55. The number of benzene rings is 1. The molecule has 0 aromatic heterocycles. The number of fused-ring (bicyclic) bond motifs is 1. The van der Waals surface area contributed by atoms with E-state index in [0.717, 1.165) is 5.22 Å². The summed E-state index contributed by atoms with van der Waals surface area (Å²) < 4.78 is 0. The number of hydrogen-bond donors (Lipinski definition) is 0. The number of rotatable bonds is 0. The van der Waals surface area contributed by atoms with Gasteiger partial charge in [0.15, 0.2) is 0 Å². The van der Waals surface area contributed by atoms with E-state index in [9.17, 15) is 4.79 Å². The van der Waals surface area contributed by atoms with E-state index in [0.29, 0.717) is 5.36 Å². The van der Waals surface area contributed by atoms with Gasteiger partial charge in [0.25, 0.3) is 5.91 Å². The average Bonchev–Trinajstić information content (AvgIpc) is 2.27. The quantitative estimate of drug-likeness (QED) is 0.583. The predicted octanol–water partition coefficient (Wildman–Crippen LogP) is 0.739. The molecule has 0 spiro atoms. The summed E-state index contributed by atoms with van der Waals surface area (Å²) in [7, 11) is 0. The summed E-state index contributed by atoms with van der Waals surface area (Å²) in [5, 5.41) is 1.68. The van der Waals surface area contributed by atoms with Crippen molar-refractivity contribution in [2.45, 2.75) is 0 Å². The molecule has 1 aromatic carbocycles. The fourth-order valence-corrected chi connectivity index (χ4v) is 1.25. The maximum Gasteiger partial charge on any atom is 0.270 e. The van der Waals surface area contributed by atoms with E-state index in [-0.39, 0.29) is 5.91 Å². The second-order valence-corrected chi connectivity index (χ2v) is 2.92. The number of carbonyl (C=O) groups excluding carboxylic acids is 1. The van der Waals surface area contributed by atoms with Gasteiger partial charge in [-0.3, -0.25) is 4.79 Å². The van der Waals surface area contributed by atoms with Crippen LogP contribution in [-0.4, -0.2) is 5.91 Å². The first-order chi connectivity index (χ1) is 6.86.